The third-order valence-corrected chi connectivity index (χ3v) is 13.5. The van der Waals surface area contributed by atoms with Crippen molar-refractivity contribution in [2.75, 3.05) is 47.5 Å². The molecule has 0 aliphatic rings. The Hall–Kier alpha value is -4.37. The van der Waals surface area contributed by atoms with Crippen LogP contribution in [-0.4, -0.2) is 70.0 Å². The van der Waals surface area contributed by atoms with Gasteiger partial charge in [-0.1, -0.05) is 242 Å². The number of carbonyl (C=O) groups is 2. The molecule has 10 heteroatoms. The molecule has 9 nitrogen and oxygen atoms in total. The molecule has 0 aromatic carbocycles. The number of likely N-dealkylation sites (N-methyl/N-ethyl adjacent to an activating group) is 1. The van der Waals surface area contributed by atoms with Gasteiger partial charge in [0.1, 0.15) is 19.8 Å². The Morgan fingerprint density at radius 2 is 0.675 bits per heavy atom. The maximum atomic E-state index is 12.8. The average molecular weight is 1130 g/mol. The first-order valence-electron chi connectivity index (χ1n) is 31.2. The Balaban J connectivity index is 4.22. The number of rotatable bonds is 55. The van der Waals surface area contributed by atoms with Crippen LogP contribution in [0.4, 0.5) is 0 Å². The van der Waals surface area contributed by atoms with Gasteiger partial charge in [0.2, 0.25) is 0 Å². The van der Waals surface area contributed by atoms with Gasteiger partial charge in [-0.2, -0.15) is 0 Å². The summed E-state index contributed by atoms with van der Waals surface area (Å²) < 4.78 is 34.2. The summed E-state index contributed by atoms with van der Waals surface area (Å²) in [5.74, 6) is -0.885. The first-order valence-corrected chi connectivity index (χ1v) is 32.7. The van der Waals surface area contributed by atoms with Gasteiger partial charge in [-0.3, -0.25) is 14.2 Å². The summed E-state index contributed by atoms with van der Waals surface area (Å²) in [5, 5.41) is 0. The van der Waals surface area contributed by atoms with Crippen LogP contribution in [0, 0.1) is 0 Å². The minimum atomic E-state index is -4.66. The molecule has 0 aromatic rings. The minimum Gasteiger partial charge on any atom is -0.756 e. The second kappa shape index (κ2) is 59.3. The Labute approximate surface area is 490 Å². The van der Waals surface area contributed by atoms with E-state index >= 15 is 0 Å². The molecule has 452 valence electrons. The third kappa shape index (κ3) is 62.8. The van der Waals surface area contributed by atoms with Crippen molar-refractivity contribution in [1.82, 2.24) is 0 Å². The molecular formula is C70H114NO8P. The summed E-state index contributed by atoms with van der Waals surface area (Å²) in [4.78, 5) is 38.0. The van der Waals surface area contributed by atoms with Gasteiger partial charge < -0.3 is 27.9 Å². The summed E-state index contributed by atoms with van der Waals surface area (Å²) in [5.41, 5.74) is 0. The van der Waals surface area contributed by atoms with Crippen LogP contribution in [0.15, 0.2) is 158 Å². The predicted octanol–water partition coefficient (Wildman–Crippen LogP) is 19.4. The van der Waals surface area contributed by atoms with Gasteiger partial charge in [0, 0.05) is 12.8 Å². The van der Waals surface area contributed by atoms with E-state index in [1.165, 1.54) is 57.8 Å². The number of phosphoric acid groups is 1. The summed E-state index contributed by atoms with van der Waals surface area (Å²) in [6, 6.07) is 0. The molecule has 0 bridgehead atoms. The van der Waals surface area contributed by atoms with E-state index in [2.05, 4.69) is 172 Å². The molecule has 0 rings (SSSR count). The largest absolute Gasteiger partial charge is 0.756 e. The second-order valence-electron chi connectivity index (χ2n) is 21.3. The Morgan fingerprint density at radius 3 is 1.01 bits per heavy atom. The zero-order valence-corrected chi connectivity index (χ0v) is 52.1. The van der Waals surface area contributed by atoms with Gasteiger partial charge >= 0.3 is 11.9 Å². The molecule has 0 fully saturated rings. The van der Waals surface area contributed by atoms with Crippen LogP contribution in [-0.2, 0) is 32.7 Å². The maximum absolute atomic E-state index is 12.8. The van der Waals surface area contributed by atoms with Gasteiger partial charge in [0.15, 0.2) is 6.10 Å². The Bertz CT molecular complexity index is 1900. The van der Waals surface area contributed by atoms with Crippen molar-refractivity contribution in [1.29, 1.82) is 0 Å². The lowest BCUT2D eigenvalue weighted by atomic mass is 10.0. The van der Waals surface area contributed by atoms with Crippen molar-refractivity contribution >= 4 is 19.8 Å². The van der Waals surface area contributed by atoms with Crippen LogP contribution >= 0.6 is 7.82 Å². The smallest absolute Gasteiger partial charge is 0.306 e. The highest BCUT2D eigenvalue weighted by Crippen LogP contribution is 2.38. The number of carbonyl (C=O) groups excluding carboxylic acids is 2. The van der Waals surface area contributed by atoms with Crippen molar-refractivity contribution in [2.24, 2.45) is 0 Å². The molecule has 80 heavy (non-hydrogen) atoms. The minimum absolute atomic E-state index is 0.0469. The molecule has 2 unspecified atom stereocenters. The topological polar surface area (TPSA) is 111 Å². The lowest BCUT2D eigenvalue weighted by Gasteiger charge is -2.28. The average Bonchev–Trinajstić information content (AvgIpc) is 3.42. The molecule has 0 aromatic heterocycles. The molecule has 0 saturated carbocycles. The van der Waals surface area contributed by atoms with E-state index < -0.39 is 32.5 Å². The molecule has 0 saturated heterocycles. The van der Waals surface area contributed by atoms with E-state index in [0.29, 0.717) is 23.9 Å². The predicted molar refractivity (Wildman–Crippen MR) is 341 cm³/mol. The van der Waals surface area contributed by atoms with E-state index in [1.54, 1.807) is 0 Å². The molecule has 0 aliphatic heterocycles. The number of esters is 2. The van der Waals surface area contributed by atoms with Crippen LogP contribution in [0.1, 0.15) is 219 Å². The summed E-state index contributed by atoms with van der Waals surface area (Å²) in [6.07, 6.45) is 88.7. The highest BCUT2D eigenvalue weighted by atomic mass is 31.2. The molecule has 0 heterocycles. The van der Waals surface area contributed by atoms with Crippen molar-refractivity contribution in [3.05, 3.63) is 158 Å². The van der Waals surface area contributed by atoms with Gasteiger partial charge in [0.25, 0.3) is 7.82 Å². The van der Waals surface area contributed by atoms with Crippen LogP contribution in [0.3, 0.4) is 0 Å². The maximum Gasteiger partial charge on any atom is 0.306 e. The number of phosphoric ester groups is 1. The fourth-order valence-corrected chi connectivity index (χ4v) is 8.54. The number of quaternary nitrogens is 1. The third-order valence-electron chi connectivity index (χ3n) is 12.5. The fourth-order valence-electron chi connectivity index (χ4n) is 7.82. The quantitative estimate of drug-likeness (QED) is 0.0195. The van der Waals surface area contributed by atoms with Crippen molar-refractivity contribution in [3.63, 3.8) is 0 Å². The summed E-state index contributed by atoms with van der Waals surface area (Å²) in [7, 11) is 1.12. The van der Waals surface area contributed by atoms with Gasteiger partial charge in [0.05, 0.1) is 27.7 Å². The molecule has 0 spiro atoms. The molecular weight excluding hydrogens is 1010 g/mol. The van der Waals surface area contributed by atoms with E-state index in [0.717, 1.165) is 122 Å². The van der Waals surface area contributed by atoms with E-state index in [4.69, 9.17) is 18.5 Å². The van der Waals surface area contributed by atoms with Crippen LogP contribution in [0.5, 0.6) is 0 Å². The van der Waals surface area contributed by atoms with Crippen molar-refractivity contribution in [3.8, 4) is 0 Å². The Morgan fingerprint density at radius 1 is 0.388 bits per heavy atom. The molecule has 2 atom stereocenters. The number of hydrogen-bond acceptors (Lipinski definition) is 8. The summed E-state index contributed by atoms with van der Waals surface area (Å²) in [6.45, 7) is 3.95. The number of nitrogens with zero attached hydrogens (tertiary/aromatic N) is 1. The van der Waals surface area contributed by atoms with Crippen LogP contribution < -0.4 is 4.89 Å². The zero-order chi connectivity index (χ0) is 58.4. The fraction of sp³-hybridized carbons (Fsp3) is 0.600. The van der Waals surface area contributed by atoms with Crippen molar-refractivity contribution in [2.45, 2.75) is 225 Å². The number of ether oxygens (including phenoxy) is 2. The number of allylic oxidation sites excluding steroid dienone is 26. The lowest BCUT2D eigenvalue weighted by Crippen LogP contribution is -2.37. The highest BCUT2D eigenvalue weighted by Gasteiger charge is 2.21. The van der Waals surface area contributed by atoms with Gasteiger partial charge in [-0.25, -0.2) is 0 Å². The first kappa shape index (κ1) is 75.6. The number of unbranched alkanes of at least 4 members (excludes halogenated alkanes) is 15. The zero-order valence-electron chi connectivity index (χ0n) is 51.2. The van der Waals surface area contributed by atoms with Gasteiger partial charge in [-0.15, -0.1) is 0 Å². The molecule has 0 radical (unpaired) electrons. The monoisotopic (exact) mass is 1130 g/mol. The molecule has 0 N–H and O–H groups in total. The molecule has 0 aliphatic carbocycles. The van der Waals surface area contributed by atoms with E-state index in [9.17, 15) is 19.0 Å². The van der Waals surface area contributed by atoms with Gasteiger partial charge in [-0.05, 0) is 122 Å². The lowest BCUT2D eigenvalue weighted by molar-refractivity contribution is -0.870. The highest BCUT2D eigenvalue weighted by molar-refractivity contribution is 7.45. The van der Waals surface area contributed by atoms with Crippen molar-refractivity contribution < 1.29 is 42.1 Å². The normalized spacial score (nSPS) is 14.3. The summed E-state index contributed by atoms with van der Waals surface area (Å²) >= 11 is 0. The molecule has 0 amide bonds. The second-order valence-corrected chi connectivity index (χ2v) is 22.7. The van der Waals surface area contributed by atoms with Crippen LogP contribution in [0.25, 0.3) is 0 Å². The number of hydrogen-bond donors (Lipinski definition) is 0. The van der Waals surface area contributed by atoms with Crippen LogP contribution in [0.2, 0.25) is 0 Å². The Kier molecular flexibility index (Phi) is 56.0. The van der Waals surface area contributed by atoms with E-state index in [-0.39, 0.29) is 26.1 Å². The standard InChI is InChI=1S/C70H114NO8P/c1-6-8-10-12-14-16-18-20-22-24-26-28-30-32-33-34-35-36-37-39-40-42-44-46-48-50-52-54-56-58-60-62-69(72)76-66-68(67-78-80(74,75)77-65-64-71(3,4)5)79-70(73)63-61-59-57-55-53-51-49-47-45-43-41-38-31-29-27-25-23-21-19-17-15-13-11-9-7-2/h8-11,14-17,20-23,26-29,32-33,35-36,38,41,45,47,51,53,68H,6-7,12-13,18-19,24-25,30-31,34,37,39-40,42-44,46,48-50,52,54-67H2,1-5H3/b10-8-,11-9-,16-14-,17-15-,22-20-,23-21-,28-26-,29-27-,33-32-,36-35-,41-38-,47-45-,53-51-. The van der Waals surface area contributed by atoms with E-state index in [1.807, 2.05) is 21.1 Å². The SMILES string of the molecule is CC/C=C\C/C=C\C/C=C\C/C=C\C/C=C\C/C=C\C/C=C\CCCCCC(=O)OC(COC(=O)CCCCCCCCCCCCCC/C=C\C/C=C\C/C=C\C/C=C\C/C=C\C/C=C\CC)COP(=O)([O-])OCC[N+](C)(C)C. The first-order chi connectivity index (χ1) is 39.0.